The zero-order valence-corrected chi connectivity index (χ0v) is 7.92. The molecule has 0 unspecified atom stereocenters. The van der Waals surface area contributed by atoms with Crippen LogP contribution in [0.25, 0.3) is 0 Å². The minimum Gasteiger partial charge on any atom is -0.298 e. The highest BCUT2D eigenvalue weighted by atomic mass is 16.1. The van der Waals surface area contributed by atoms with Gasteiger partial charge in [0.25, 0.3) is 0 Å². The third-order valence-corrected chi connectivity index (χ3v) is 2.42. The molecule has 0 saturated carbocycles. The Morgan fingerprint density at radius 1 is 1.54 bits per heavy atom. The van der Waals surface area contributed by atoms with Crippen LogP contribution < -0.4 is 0 Å². The number of rotatable bonds is 2. The lowest BCUT2D eigenvalue weighted by Crippen LogP contribution is -2.06. The SMILES string of the molecule is CC(=O)Cn1cc2c(n1)CCCC2. The minimum absolute atomic E-state index is 0.167. The first-order valence-corrected chi connectivity index (χ1v) is 4.80. The second-order valence-electron chi connectivity index (χ2n) is 3.71. The Hall–Kier alpha value is -1.12. The molecular formula is C10H14N2O. The summed E-state index contributed by atoms with van der Waals surface area (Å²) in [5, 5.41) is 4.39. The van der Waals surface area contributed by atoms with Gasteiger partial charge in [-0.25, -0.2) is 0 Å². The number of ketones is 1. The van der Waals surface area contributed by atoms with Gasteiger partial charge in [0.15, 0.2) is 5.78 Å². The summed E-state index contributed by atoms with van der Waals surface area (Å²) >= 11 is 0. The lowest BCUT2D eigenvalue weighted by atomic mass is 9.99. The molecule has 3 nitrogen and oxygen atoms in total. The van der Waals surface area contributed by atoms with Crippen LogP contribution in [0.5, 0.6) is 0 Å². The van der Waals surface area contributed by atoms with E-state index < -0.39 is 0 Å². The van der Waals surface area contributed by atoms with Crippen LogP contribution in [-0.2, 0) is 24.2 Å². The van der Waals surface area contributed by atoms with Crippen molar-refractivity contribution in [2.75, 3.05) is 0 Å². The number of hydrogen-bond donors (Lipinski definition) is 0. The van der Waals surface area contributed by atoms with Crippen molar-refractivity contribution in [2.45, 2.75) is 39.2 Å². The predicted molar refractivity (Wildman–Crippen MR) is 49.6 cm³/mol. The van der Waals surface area contributed by atoms with Crippen LogP contribution in [0.2, 0.25) is 0 Å². The van der Waals surface area contributed by atoms with Gasteiger partial charge in [-0.2, -0.15) is 5.10 Å². The van der Waals surface area contributed by atoms with Gasteiger partial charge < -0.3 is 0 Å². The van der Waals surface area contributed by atoms with Crippen LogP contribution in [0.15, 0.2) is 6.20 Å². The van der Waals surface area contributed by atoms with Crippen molar-refractivity contribution in [2.24, 2.45) is 0 Å². The maximum absolute atomic E-state index is 10.9. The highest BCUT2D eigenvalue weighted by molar-refractivity contribution is 5.75. The Bertz CT molecular complexity index is 304. The molecule has 1 aliphatic rings. The molecule has 0 fully saturated rings. The van der Waals surface area contributed by atoms with Crippen LogP contribution in [0.3, 0.4) is 0 Å². The lowest BCUT2D eigenvalue weighted by Gasteiger charge is -2.06. The fourth-order valence-electron chi connectivity index (χ4n) is 1.84. The zero-order chi connectivity index (χ0) is 9.26. The molecule has 0 amide bonds. The first kappa shape index (κ1) is 8.48. The van der Waals surface area contributed by atoms with E-state index in [1.165, 1.54) is 24.1 Å². The minimum atomic E-state index is 0.167. The Labute approximate surface area is 77.7 Å². The highest BCUT2D eigenvalue weighted by Crippen LogP contribution is 2.19. The summed E-state index contributed by atoms with van der Waals surface area (Å²) < 4.78 is 1.78. The van der Waals surface area contributed by atoms with E-state index in [2.05, 4.69) is 5.10 Å². The topological polar surface area (TPSA) is 34.9 Å². The van der Waals surface area contributed by atoms with Crippen LogP contribution in [-0.4, -0.2) is 15.6 Å². The van der Waals surface area contributed by atoms with E-state index in [-0.39, 0.29) is 5.78 Å². The second kappa shape index (κ2) is 3.32. The summed E-state index contributed by atoms with van der Waals surface area (Å²) in [5.74, 6) is 0.167. The number of carbonyl (C=O) groups is 1. The molecule has 2 rings (SSSR count). The van der Waals surface area contributed by atoms with Crippen LogP contribution in [0.1, 0.15) is 31.0 Å². The average molecular weight is 178 g/mol. The molecule has 3 heteroatoms. The molecule has 0 saturated heterocycles. The molecule has 0 bridgehead atoms. The van der Waals surface area contributed by atoms with Crippen molar-refractivity contribution >= 4 is 5.78 Å². The van der Waals surface area contributed by atoms with E-state index in [1.807, 2.05) is 6.20 Å². The van der Waals surface area contributed by atoms with Crippen molar-refractivity contribution in [3.05, 3.63) is 17.5 Å². The molecule has 1 aromatic rings. The third kappa shape index (κ3) is 1.79. The number of aryl methyl sites for hydroxylation is 2. The van der Waals surface area contributed by atoms with Crippen molar-refractivity contribution in [3.8, 4) is 0 Å². The number of fused-ring (bicyclic) bond motifs is 1. The molecule has 70 valence electrons. The first-order valence-electron chi connectivity index (χ1n) is 4.80. The van der Waals surface area contributed by atoms with Crippen LogP contribution >= 0.6 is 0 Å². The molecule has 13 heavy (non-hydrogen) atoms. The maximum Gasteiger partial charge on any atom is 0.151 e. The molecule has 0 atom stereocenters. The Morgan fingerprint density at radius 3 is 3.00 bits per heavy atom. The van der Waals surface area contributed by atoms with Gasteiger partial charge in [0.05, 0.1) is 12.2 Å². The van der Waals surface area contributed by atoms with Gasteiger partial charge in [-0.15, -0.1) is 0 Å². The largest absolute Gasteiger partial charge is 0.298 e. The summed E-state index contributed by atoms with van der Waals surface area (Å²) in [4.78, 5) is 10.9. The average Bonchev–Trinajstić information content (AvgIpc) is 2.44. The summed E-state index contributed by atoms with van der Waals surface area (Å²) in [7, 11) is 0. The van der Waals surface area contributed by atoms with Crippen molar-refractivity contribution in [1.29, 1.82) is 0 Å². The standard InChI is InChI=1S/C10H14N2O/c1-8(13)6-12-7-9-4-2-3-5-10(9)11-12/h7H,2-6H2,1H3. The lowest BCUT2D eigenvalue weighted by molar-refractivity contribution is -0.117. The molecule has 0 aromatic carbocycles. The van der Waals surface area contributed by atoms with E-state index in [0.29, 0.717) is 6.54 Å². The normalized spacial score (nSPS) is 15.5. The fourth-order valence-corrected chi connectivity index (χ4v) is 1.84. The predicted octanol–water partition coefficient (Wildman–Crippen LogP) is 1.35. The summed E-state index contributed by atoms with van der Waals surface area (Å²) in [5.41, 5.74) is 2.54. The van der Waals surface area contributed by atoms with E-state index in [0.717, 1.165) is 12.8 Å². The van der Waals surface area contributed by atoms with Gasteiger partial charge in [0, 0.05) is 6.20 Å². The van der Waals surface area contributed by atoms with Gasteiger partial charge in [-0.3, -0.25) is 9.48 Å². The van der Waals surface area contributed by atoms with E-state index in [1.54, 1.807) is 11.6 Å². The maximum atomic E-state index is 10.9. The van der Waals surface area contributed by atoms with E-state index in [9.17, 15) is 4.79 Å². The molecule has 1 aliphatic carbocycles. The van der Waals surface area contributed by atoms with E-state index >= 15 is 0 Å². The quantitative estimate of drug-likeness (QED) is 0.685. The summed E-state index contributed by atoms with van der Waals surface area (Å²) in [6.07, 6.45) is 6.74. The molecule has 0 N–H and O–H groups in total. The van der Waals surface area contributed by atoms with Gasteiger partial charge in [0.1, 0.15) is 0 Å². The first-order chi connectivity index (χ1) is 6.25. The van der Waals surface area contributed by atoms with E-state index in [4.69, 9.17) is 0 Å². The summed E-state index contributed by atoms with van der Waals surface area (Å²) in [6.45, 7) is 2.02. The van der Waals surface area contributed by atoms with Crippen molar-refractivity contribution in [1.82, 2.24) is 9.78 Å². The Balaban J connectivity index is 2.20. The number of Topliss-reactive ketones (excluding diaryl/α,β-unsaturated/α-hetero) is 1. The van der Waals surface area contributed by atoms with Crippen LogP contribution in [0.4, 0.5) is 0 Å². The van der Waals surface area contributed by atoms with Gasteiger partial charge in [0.2, 0.25) is 0 Å². The van der Waals surface area contributed by atoms with Crippen LogP contribution in [0, 0.1) is 0 Å². The molecule has 0 aliphatic heterocycles. The van der Waals surface area contributed by atoms with Crippen molar-refractivity contribution in [3.63, 3.8) is 0 Å². The fraction of sp³-hybridized carbons (Fsp3) is 0.600. The third-order valence-electron chi connectivity index (χ3n) is 2.42. The number of hydrogen-bond acceptors (Lipinski definition) is 2. The number of carbonyl (C=O) groups excluding carboxylic acids is 1. The second-order valence-corrected chi connectivity index (χ2v) is 3.71. The van der Waals surface area contributed by atoms with Gasteiger partial charge in [-0.1, -0.05) is 0 Å². The van der Waals surface area contributed by atoms with Gasteiger partial charge >= 0.3 is 0 Å². The molecule has 1 heterocycles. The molecular weight excluding hydrogens is 164 g/mol. The Kier molecular flexibility index (Phi) is 2.17. The molecule has 0 radical (unpaired) electrons. The Morgan fingerprint density at radius 2 is 2.31 bits per heavy atom. The number of aromatic nitrogens is 2. The van der Waals surface area contributed by atoms with Gasteiger partial charge in [-0.05, 0) is 38.2 Å². The zero-order valence-electron chi connectivity index (χ0n) is 7.92. The molecule has 1 aromatic heterocycles. The molecule has 0 spiro atoms. The summed E-state index contributed by atoms with van der Waals surface area (Å²) in [6, 6.07) is 0. The van der Waals surface area contributed by atoms with Crippen molar-refractivity contribution < 1.29 is 4.79 Å². The smallest absolute Gasteiger partial charge is 0.151 e. The monoisotopic (exact) mass is 178 g/mol. The highest BCUT2D eigenvalue weighted by Gasteiger charge is 2.13. The number of nitrogens with zero attached hydrogens (tertiary/aromatic N) is 2.